The number of aromatic nitrogens is 1. The normalized spacial score (nSPS) is 17.5. The van der Waals surface area contributed by atoms with Gasteiger partial charge in [0.1, 0.15) is 17.1 Å². The second kappa shape index (κ2) is 9.27. The summed E-state index contributed by atoms with van der Waals surface area (Å²) in [6.45, 7) is 11.2. The molecule has 4 heteroatoms. The first kappa shape index (κ1) is 20.6. The van der Waals surface area contributed by atoms with E-state index in [0.717, 1.165) is 41.2 Å². The van der Waals surface area contributed by atoms with Gasteiger partial charge in [-0.2, -0.15) is 0 Å². The van der Waals surface area contributed by atoms with Crippen LogP contribution in [0.25, 0.3) is 11.1 Å². The first-order valence-electron chi connectivity index (χ1n) is 9.50. The Hall–Kier alpha value is -1.74. The predicted molar refractivity (Wildman–Crippen MR) is 109 cm³/mol. The Morgan fingerprint density at radius 1 is 1.19 bits per heavy atom. The summed E-state index contributed by atoms with van der Waals surface area (Å²) < 4.78 is 12.1. The molecule has 0 N–H and O–H groups in total. The second-order valence-corrected chi connectivity index (χ2v) is 7.20. The summed E-state index contributed by atoms with van der Waals surface area (Å²) in [5, 5.41) is 0. The Kier molecular flexibility index (Phi) is 7.33. The lowest BCUT2D eigenvalue weighted by Crippen LogP contribution is -2.34. The molecule has 3 rings (SSSR count). The van der Waals surface area contributed by atoms with E-state index in [-0.39, 0.29) is 0 Å². The number of ether oxygens (including phenoxy) is 2. The van der Waals surface area contributed by atoms with Crippen LogP contribution in [0.3, 0.4) is 0 Å². The number of pyridine rings is 1. The quantitative estimate of drug-likeness (QED) is 0.430. The molecule has 0 spiro atoms. The molecule has 0 saturated carbocycles. The second-order valence-electron chi connectivity index (χ2n) is 6.93. The van der Waals surface area contributed by atoms with Crippen molar-refractivity contribution in [1.29, 1.82) is 0 Å². The highest BCUT2D eigenvalue weighted by molar-refractivity contribution is 6.18. The van der Waals surface area contributed by atoms with Crippen molar-refractivity contribution >= 4 is 11.6 Å². The van der Waals surface area contributed by atoms with E-state index in [1.165, 1.54) is 6.42 Å². The standard InChI is InChI=1S/C20H24ClNO2.C2H6/c1-14(2)5-4-10-23-15-6-7-17-16-8-9-22-12-18(16)20(3,13-21)24-19(17)11-15;1-2/h6-9,11-12,14H,4-5,10,13H2,1-3H3;1-2H3. The minimum absolute atomic E-state index is 0.366. The number of hydrogen-bond acceptors (Lipinski definition) is 3. The number of nitrogens with zero attached hydrogens (tertiary/aromatic N) is 1. The molecule has 142 valence electrons. The van der Waals surface area contributed by atoms with Gasteiger partial charge >= 0.3 is 0 Å². The van der Waals surface area contributed by atoms with Gasteiger partial charge in [0.15, 0.2) is 0 Å². The fourth-order valence-electron chi connectivity index (χ4n) is 3.03. The highest BCUT2D eigenvalue weighted by Gasteiger charge is 2.36. The van der Waals surface area contributed by atoms with E-state index in [2.05, 4.69) is 24.9 Å². The van der Waals surface area contributed by atoms with Crippen molar-refractivity contribution in [2.24, 2.45) is 5.92 Å². The molecule has 1 aromatic carbocycles. The van der Waals surface area contributed by atoms with Crippen molar-refractivity contribution < 1.29 is 9.47 Å². The van der Waals surface area contributed by atoms with E-state index in [1.54, 1.807) is 6.20 Å². The van der Waals surface area contributed by atoms with Crippen molar-refractivity contribution in [3.05, 3.63) is 42.2 Å². The lowest BCUT2D eigenvalue weighted by Gasteiger charge is -2.36. The Bertz CT molecular complexity index is 717. The van der Waals surface area contributed by atoms with Crippen LogP contribution in [0.4, 0.5) is 0 Å². The lowest BCUT2D eigenvalue weighted by atomic mass is 9.87. The molecule has 1 unspecified atom stereocenters. The summed E-state index contributed by atoms with van der Waals surface area (Å²) in [6, 6.07) is 8.05. The maximum Gasteiger partial charge on any atom is 0.147 e. The third-order valence-electron chi connectivity index (χ3n) is 4.42. The fraction of sp³-hybridized carbons (Fsp3) is 0.500. The molecule has 1 aromatic heterocycles. The van der Waals surface area contributed by atoms with Gasteiger partial charge in [-0.25, -0.2) is 0 Å². The van der Waals surface area contributed by atoms with E-state index >= 15 is 0 Å². The highest BCUT2D eigenvalue weighted by atomic mass is 35.5. The van der Waals surface area contributed by atoms with Crippen LogP contribution < -0.4 is 9.47 Å². The molecule has 2 heterocycles. The number of benzene rings is 1. The topological polar surface area (TPSA) is 31.4 Å². The molecular formula is C22H30ClNO2. The average molecular weight is 376 g/mol. The Labute approximate surface area is 162 Å². The van der Waals surface area contributed by atoms with Gasteiger partial charge in [0, 0.05) is 29.6 Å². The molecule has 0 saturated heterocycles. The minimum Gasteiger partial charge on any atom is -0.493 e. The summed E-state index contributed by atoms with van der Waals surface area (Å²) >= 11 is 6.20. The zero-order chi connectivity index (χ0) is 19.2. The predicted octanol–water partition coefficient (Wildman–Crippen LogP) is 6.44. The smallest absolute Gasteiger partial charge is 0.147 e. The molecule has 0 aliphatic carbocycles. The minimum atomic E-state index is -0.575. The maximum absolute atomic E-state index is 6.23. The van der Waals surface area contributed by atoms with Crippen LogP contribution in [0.15, 0.2) is 36.7 Å². The van der Waals surface area contributed by atoms with Gasteiger partial charge in [-0.05, 0) is 49.4 Å². The molecule has 26 heavy (non-hydrogen) atoms. The Morgan fingerprint density at radius 2 is 1.96 bits per heavy atom. The maximum atomic E-state index is 6.23. The summed E-state index contributed by atoms with van der Waals surface area (Å²) in [6.07, 6.45) is 5.88. The van der Waals surface area contributed by atoms with Crippen LogP contribution in [-0.2, 0) is 5.60 Å². The number of fused-ring (bicyclic) bond motifs is 3. The number of alkyl halides is 1. The summed E-state index contributed by atoms with van der Waals surface area (Å²) in [4.78, 5) is 4.23. The molecule has 0 amide bonds. The van der Waals surface area contributed by atoms with Crippen LogP contribution in [-0.4, -0.2) is 17.5 Å². The van der Waals surface area contributed by atoms with Gasteiger partial charge < -0.3 is 9.47 Å². The molecule has 0 fully saturated rings. The first-order chi connectivity index (χ1) is 12.5. The van der Waals surface area contributed by atoms with Crippen LogP contribution in [0.2, 0.25) is 0 Å². The van der Waals surface area contributed by atoms with Crippen LogP contribution in [0, 0.1) is 5.92 Å². The Morgan fingerprint density at radius 3 is 2.65 bits per heavy atom. The lowest BCUT2D eigenvalue weighted by molar-refractivity contribution is 0.108. The molecule has 2 aromatic rings. The van der Waals surface area contributed by atoms with E-state index < -0.39 is 5.60 Å². The molecule has 3 nitrogen and oxygen atoms in total. The monoisotopic (exact) mass is 375 g/mol. The average Bonchev–Trinajstić information content (AvgIpc) is 2.67. The van der Waals surface area contributed by atoms with E-state index in [0.29, 0.717) is 11.8 Å². The SMILES string of the molecule is CC.CC(C)CCCOc1ccc2c(c1)OC(C)(CCl)c1cnccc1-2. The van der Waals surface area contributed by atoms with Crippen LogP contribution >= 0.6 is 11.6 Å². The van der Waals surface area contributed by atoms with Crippen LogP contribution in [0.5, 0.6) is 11.5 Å². The van der Waals surface area contributed by atoms with Gasteiger partial charge in [-0.1, -0.05) is 27.7 Å². The third-order valence-corrected chi connectivity index (χ3v) is 4.93. The van der Waals surface area contributed by atoms with E-state index in [9.17, 15) is 0 Å². The van der Waals surface area contributed by atoms with Gasteiger partial charge in [-0.3, -0.25) is 4.98 Å². The molecule has 1 aliphatic heterocycles. The zero-order valence-corrected chi connectivity index (χ0v) is 17.3. The first-order valence-corrected chi connectivity index (χ1v) is 10.0. The van der Waals surface area contributed by atoms with E-state index in [4.69, 9.17) is 21.1 Å². The van der Waals surface area contributed by atoms with Crippen LogP contribution in [0.1, 0.15) is 53.0 Å². The molecule has 1 atom stereocenters. The van der Waals surface area contributed by atoms with Gasteiger partial charge in [-0.15, -0.1) is 11.6 Å². The number of halogens is 1. The number of hydrogen-bond donors (Lipinski definition) is 0. The third kappa shape index (κ3) is 4.50. The van der Waals surface area contributed by atoms with Gasteiger partial charge in [0.25, 0.3) is 0 Å². The van der Waals surface area contributed by atoms with Crippen molar-refractivity contribution in [2.45, 2.75) is 53.1 Å². The largest absolute Gasteiger partial charge is 0.493 e. The number of rotatable bonds is 6. The summed E-state index contributed by atoms with van der Waals surface area (Å²) in [7, 11) is 0. The molecule has 0 radical (unpaired) electrons. The Balaban J connectivity index is 0.00000117. The molecule has 0 bridgehead atoms. The van der Waals surface area contributed by atoms with E-state index in [1.807, 2.05) is 45.2 Å². The molecular weight excluding hydrogens is 346 g/mol. The highest BCUT2D eigenvalue weighted by Crippen LogP contribution is 2.46. The zero-order valence-electron chi connectivity index (χ0n) is 16.5. The fourth-order valence-corrected chi connectivity index (χ4v) is 3.23. The summed E-state index contributed by atoms with van der Waals surface area (Å²) in [5.74, 6) is 2.73. The van der Waals surface area contributed by atoms with Gasteiger partial charge in [0.05, 0.1) is 12.5 Å². The van der Waals surface area contributed by atoms with Crippen molar-refractivity contribution in [3.63, 3.8) is 0 Å². The van der Waals surface area contributed by atoms with Crippen molar-refractivity contribution in [1.82, 2.24) is 4.98 Å². The van der Waals surface area contributed by atoms with Crippen molar-refractivity contribution in [2.75, 3.05) is 12.5 Å². The van der Waals surface area contributed by atoms with Crippen molar-refractivity contribution in [3.8, 4) is 22.6 Å². The molecule has 1 aliphatic rings. The van der Waals surface area contributed by atoms with Gasteiger partial charge in [0.2, 0.25) is 0 Å². The summed E-state index contributed by atoms with van der Waals surface area (Å²) in [5.41, 5.74) is 2.64.